The number of urea groups is 1. The van der Waals surface area contributed by atoms with E-state index in [2.05, 4.69) is 24.4 Å². The van der Waals surface area contributed by atoms with Gasteiger partial charge in [-0.1, -0.05) is 12.2 Å². The standard InChI is InChI=1S/C4H6N4O2S2/c5-1(9)2(11)7-4(10)8-3(6)12/h(H2,5,9)(H4,6,7,8,10,11,12). The minimum absolute atomic E-state index is 0.222. The minimum atomic E-state index is -0.900. The lowest BCUT2D eigenvalue weighted by molar-refractivity contribution is -0.112. The number of carbonyl (C=O) groups excluding carboxylic acids is 2. The second kappa shape index (κ2) is 4.57. The third-order valence-electron chi connectivity index (χ3n) is 0.688. The summed E-state index contributed by atoms with van der Waals surface area (Å²) in [6.45, 7) is 0. The van der Waals surface area contributed by atoms with Crippen molar-refractivity contribution < 1.29 is 9.59 Å². The van der Waals surface area contributed by atoms with E-state index in [-0.39, 0.29) is 5.11 Å². The summed E-state index contributed by atoms with van der Waals surface area (Å²) < 4.78 is 0. The second-order valence-electron chi connectivity index (χ2n) is 1.64. The first kappa shape index (κ1) is 10.7. The normalized spacial score (nSPS) is 8.33. The summed E-state index contributed by atoms with van der Waals surface area (Å²) in [4.78, 5) is 20.6. The van der Waals surface area contributed by atoms with Crippen molar-refractivity contribution >= 4 is 46.5 Å². The second-order valence-corrected chi connectivity index (χ2v) is 2.48. The van der Waals surface area contributed by atoms with Gasteiger partial charge in [0.2, 0.25) is 0 Å². The lowest BCUT2D eigenvalue weighted by Gasteiger charge is -2.03. The van der Waals surface area contributed by atoms with Crippen LogP contribution in [0.5, 0.6) is 0 Å². The van der Waals surface area contributed by atoms with Gasteiger partial charge in [0.05, 0.1) is 0 Å². The first-order valence-electron chi connectivity index (χ1n) is 2.64. The van der Waals surface area contributed by atoms with Crippen LogP contribution in [0, 0.1) is 0 Å². The Morgan fingerprint density at radius 2 is 1.58 bits per heavy atom. The van der Waals surface area contributed by atoms with E-state index in [0.717, 1.165) is 0 Å². The largest absolute Gasteiger partial charge is 0.376 e. The molecule has 0 radical (unpaired) electrons. The van der Waals surface area contributed by atoms with Gasteiger partial charge in [-0.15, -0.1) is 0 Å². The lowest BCUT2D eigenvalue weighted by Crippen LogP contribution is -2.47. The highest BCUT2D eigenvalue weighted by molar-refractivity contribution is 7.82. The van der Waals surface area contributed by atoms with E-state index >= 15 is 0 Å². The van der Waals surface area contributed by atoms with Gasteiger partial charge >= 0.3 is 6.03 Å². The number of rotatable bonds is 0. The quantitative estimate of drug-likeness (QED) is 0.355. The van der Waals surface area contributed by atoms with Crippen molar-refractivity contribution in [2.24, 2.45) is 11.5 Å². The van der Waals surface area contributed by atoms with Gasteiger partial charge in [-0.25, -0.2) is 4.79 Å². The van der Waals surface area contributed by atoms with Crippen molar-refractivity contribution in [2.75, 3.05) is 0 Å². The topological polar surface area (TPSA) is 110 Å². The fraction of sp³-hybridized carbons (Fsp3) is 0. The maximum atomic E-state index is 10.7. The lowest BCUT2D eigenvalue weighted by atomic mass is 10.6. The Morgan fingerprint density at radius 1 is 1.08 bits per heavy atom. The number of nitrogens with one attached hydrogen (secondary N) is 2. The molecule has 6 N–H and O–H groups in total. The highest BCUT2D eigenvalue weighted by Gasteiger charge is 2.08. The number of nitrogens with two attached hydrogens (primary N) is 2. The third-order valence-corrected chi connectivity index (χ3v) is 1.09. The van der Waals surface area contributed by atoms with E-state index < -0.39 is 16.9 Å². The van der Waals surface area contributed by atoms with Gasteiger partial charge in [0.1, 0.15) is 0 Å². The smallest absolute Gasteiger partial charge is 0.326 e. The zero-order valence-corrected chi connectivity index (χ0v) is 7.42. The molecule has 0 bridgehead atoms. The van der Waals surface area contributed by atoms with Gasteiger partial charge in [-0.05, 0) is 12.2 Å². The van der Waals surface area contributed by atoms with E-state index in [0.29, 0.717) is 0 Å². The van der Waals surface area contributed by atoms with Crippen LogP contribution in [0.15, 0.2) is 0 Å². The molecule has 0 unspecified atom stereocenters. The van der Waals surface area contributed by atoms with Crippen LogP contribution < -0.4 is 22.1 Å². The van der Waals surface area contributed by atoms with Crippen LogP contribution in [0.1, 0.15) is 0 Å². The molecule has 0 aliphatic heterocycles. The summed E-state index contributed by atoms with van der Waals surface area (Å²) in [6.07, 6.45) is 0. The molecule has 0 heterocycles. The van der Waals surface area contributed by atoms with E-state index in [1.807, 2.05) is 10.6 Å². The highest BCUT2D eigenvalue weighted by atomic mass is 32.1. The number of hydrogen-bond acceptors (Lipinski definition) is 4. The fourth-order valence-corrected chi connectivity index (χ4v) is 0.493. The maximum absolute atomic E-state index is 10.7. The molecule has 3 amide bonds. The average molecular weight is 206 g/mol. The van der Waals surface area contributed by atoms with Crippen LogP contribution in [-0.4, -0.2) is 22.0 Å². The molecule has 0 atom stereocenters. The van der Waals surface area contributed by atoms with E-state index in [1.54, 1.807) is 0 Å². The maximum Gasteiger partial charge on any atom is 0.326 e. The van der Waals surface area contributed by atoms with E-state index in [1.165, 1.54) is 0 Å². The Balaban J connectivity index is 3.94. The van der Waals surface area contributed by atoms with Crippen molar-refractivity contribution in [1.82, 2.24) is 10.6 Å². The average Bonchev–Trinajstić information content (AvgIpc) is 1.84. The molecule has 12 heavy (non-hydrogen) atoms. The first-order valence-corrected chi connectivity index (χ1v) is 3.46. The van der Waals surface area contributed by atoms with Crippen molar-refractivity contribution in [3.8, 4) is 0 Å². The predicted octanol–water partition coefficient (Wildman–Crippen LogP) is -1.66. The van der Waals surface area contributed by atoms with Crippen molar-refractivity contribution in [1.29, 1.82) is 0 Å². The summed E-state index contributed by atoms with van der Waals surface area (Å²) in [5.74, 6) is -0.900. The third kappa shape index (κ3) is 4.52. The van der Waals surface area contributed by atoms with Crippen molar-refractivity contribution in [3.63, 3.8) is 0 Å². The summed E-state index contributed by atoms with van der Waals surface area (Å²) in [5.41, 5.74) is 9.67. The molecular weight excluding hydrogens is 200 g/mol. The Labute approximate surface area is 78.7 Å². The molecule has 0 aromatic heterocycles. The molecule has 66 valence electrons. The SMILES string of the molecule is NC(=O)C(=S)NC(=O)NC(N)=S. The van der Waals surface area contributed by atoms with Crippen LogP contribution >= 0.6 is 24.4 Å². The molecule has 0 saturated carbocycles. The minimum Gasteiger partial charge on any atom is -0.376 e. The van der Waals surface area contributed by atoms with Gasteiger partial charge < -0.3 is 11.5 Å². The summed E-state index contributed by atoms with van der Waals surface area (Å²) >= 11 is 8.71. The monoisotopic (exact) mass is 206 g/mol. The van der Waals surface area contributed by atoms with Gasteiger partial charge in [-0.2, -0.15) is 0 Å². The summed E-state index contributed by atoms with van der Waals surface area (Å²) in [6, 6.07) is -0.786. The van der Waals surface area contributed by atoms with Gasteiger partial charge in [0.25, 0.3) is 5.91 Å². The van der Waals surface area contributed by atoms with Gasteiger partial charge in [0, 0.05) is 0 Å². The number of hydrogen-bond donors (Lipinski definition) is 4. The van der Waals surface area contributed by atoms with Crippen molar-refractivity contribution in [2.45, 2.75) is 0 Å². The van der Waals surface area contributed by atoms with E-state index in [4.69, 9.17) is 11.5 Å². The zero-order chi connectivity index (χ0) is 9.72. The molecule has 0 aromatic rings. The molecule has 0 saturated heterocycles. The van der Waals surface area contributed by atoms with E-state index in [9.17, 15) is 9.59 Å². The molecule has 0 aliphatic rings. The number of primary amides is 1. The first-order chi connectivity index (χ1) is 5.43. The Hall–Kier alpha value is -1.28. The number of thiocarbonyl (C=S) groups is 2. The molecule has 0 aromatic carbocycles. The van der Waals surface area contributed by atoms with Gasteiger partial charge in [0.15, 0.2) is 10.1 Å². The highest BCUT2D eigenvalue weighted by Crippen LogP contribution is 1.71. The zero-order valence-electron chi connectivity index (χ0n) is 5.79. The molecule has 8 heteroatoms. The van der Waals surface area contributed by atoms with Gasteiger partial charge in [-0.3, -0.25) is 15.4 Å². The fourth-order valence-electron chi connectivity index (χ4n) is 0.308. The van der Waals surface area contributed by atoms with Crippen LogP contribution in [0.4, 0.5) is 4.79 Å². The predicted molar refractivity (Wildman–Crippen MR) is 50.2 cm³/mol. The molecular formula is C4H6N4O2S2. The number of amides is 3. The van der Waals surface area contributed by atoms with Crippen molar-refractivity contribution in [3.05, 3.63) is 0 Å². The molecule has 0 fully saturated rings. The molecule has 0 aliphatic carbocycles. The van der Waals surface area contributed by atoms with Crippen LogP contribution in [-0.2, 0) is 4.79 Å². The molecule has 0 rings (SSSR count). The summed E-state index contributed by atoms with van der Waals surface area (Å²) in [5, 5.41) is 3.72. The Kier molecular flexibility index (Phi) is 4.08. The number of carbonyl (C=O) groups is 2. The van der Waals surface area contributed by atoms with Crippen LogP contribution in [0.25, 0.3) is 0 Å². The molecule has 0 spiro atoms. The molecule has 6 nitrogen and oxygen atoms in total. The van der Waals surface area contributed by atoms with Crippen LogP contribution in [0.2, 0.25) is 0 Å². The Morgan fingerprint density at radius 3 is 1.92 bits per heavy atom. The summed E-state index contributed by atoms with van der Waals surface area (Å²) in [7, 11) is 0. The van der Waals surface area contributed by atoms with Crippen LogP contribution in [0.3, 0.4) is 0 Å². The Bertz CT molecular complexity index is 251.